The van der Waals surface area contributed by atoms with Crippen LogP contribution in [0.15, 0.2) is 108 Å². The first kappa shape index (κ1) is 26.8. The van der Waals surface area contributed by atoms with E-state index in [1.165, 1.54) is 87.9 Å². The van der Waals surface area contributed by atoms with E-state index in [2.05, 4.69) is 154 Å². The molecule has 0 unspecified atom stereocenters. The molecule has 48 heavy (non-hydrogen) atoms. The number of benzene rings is 6. The highest BCUT2D eigenvalue weighted by Gasteiger charge is 2.43. The monoisotopic (exact) mass is 618 g/mol. The van der Waals surface area contributed by atoms with E-state index < -0.39 is 0 Å². The van der Waals surface area contributed by atoms with Gasteiger partial charge in [0.1, 0.15) is 5.58 Å². The number of hydrogen-bond donors (Lipinski definition) is 0. The van der Waals surface area contributed by atoms with Gasteiger partial charge in [-0.1, -0.05) is 108 Å². The smallest absolute Gasteiger partial charge is 0.333 e. The van der Waals surface area contributed by atoms with Crippen LogP contribution in [0.2, 0.25) is 0 Å². The molecular weight excluding hydrogens is 583 g/mol. The number of furan rings is 1. The van der Waals surface area contributed by atoms with Crippen molar-refractivity contribution in [1.29, 1.82) is 0 Å². The zero-order valence-corrected chi connectivity index (χ0v) is 28.2. The van der Waals surface area contributed by atoms with Gasteiger partial charge in [-0.2, -0.15) is 0 Å². The molecule has 0 aliphatic carbocycles. The van der Waals surface area contributed by atoms with Crippen molar-refractivity contribution in [2.75, 3.05) is 0 Å². The lowest BCUT2D eigenvalue weighted by Crippen LogP contribution is -2.55. The summed E-state index contributed by atoms with van der Waals surface area (Å²) in [5.41, 5.74) is 16.3. The molecule has 0 atom stereocenters. The Morgan fingerprint density at radius 2 is 1.27 bits per heavy atom. The molecule has 0 fully saturated rings. The van der Waals surface area contributed by atoms with Crippen LogP contribution in [0.25, 0.3) is 82.4 Å². The normalized spacial score (nSPS) is 14.0. The highest BCUT2D eigenvalue weighted by atomic mass is 16.3. The lowest BCUT2D eigenvalue weighted by molar-refractivity contribution is 0.590. The third kappa shape index (κ3) is 3.12. The Kier molecular flexibility index (Phi) is 4.71. The van der Waals surface area contributed by atoms with Crippen LogP contribution in [-0.4, -0.2) is 15.9 Å². The summed E-state index contributed by atoms with van der Waals surface area (Å²) in [6.45, 7) is 14.0. The SMILES string of the molecule is CC(C)(C)c1ccc2c(c1)c1cc(C(C)(C)C)cc3c1n2-c1c2c(cc4c1oc1ccccc14)-c1cccc4c5ccccc5n(c14)B23. The van der Waals surface area contributed by atoms with Gasteiger partial charge in [0.15, 0.2) is 5.58 Å². The Balaban J connectivity index is 1.45. The van der Waals surface area contributed by atoms with Crippen LogP contribution in [0.4, 0.5) is 0 Å². The summed E-state index contributed by atoms with van der Waals surface area (Å²) in [5.74, 6) is 0. The minimum absolute atomic E-state index is 0.00592. The second-order valence-corrected chi connectivity index (χ2v) is 16.2. The fraction of sp³-hybridized carbons (Fsp3) is 0.182. The zero-order chi connectivity index (χ0) is 32.4. The molecule has 0 amide bonds. The summed E-state index contributed by atoms with van der Waals surface area (Å²) in [7, 11) is 0. The summed E-state index contributed by atoms with van der Waals surface area (Å²) in [6, 6.07) is 39.0. The van der Waals surface area contributed by atoms with E-state index in [1.807, 2.05) is 0 Å². The topological polar surface area (TPSA) is 23.0 Å². The molecule has 230 valence electrons. The summed E-state index contributed by atoms with van der Waals surface area (Å²) in [6.07, 6.45) is 0. The summed E-state index contributed by atoms with van der Waals surface area (Å²) in [5, 5.41) is 7.60. The van der Waals surface area contributed by atoms with Crippen LogP contribution in [0.3, 0.4) is 0 Å². The molecule has 2 aliphatic rings. The van der Waals surface area contributed by atoms with E-state index in [0.29, 0.717) is 0 Å². The van der Waals surface area contributed by atoms with Crippen molar-refractivity contribution in [3.8, 4) is 16.8 Å². The number of hydrogen-bond acceptors (Lipinski definition) is 1. The molecule has 0 spiro atoms. The number of nitrogens with zero attached hydrogens (tertiary/aromatic N) is 2. The molecule has 4 heteroatoms. The Bertz CT molecular complexity index is 2920. The minimum Gasteiger partial charge on any atom is -0.454 e. The van der Waals surface area contributed by atoms with E-state index in [1.54, 1.807) is 0 Å². The second-order valence-electron chi connectivity index (χ2n) is 16.2. The van der Waals surface area contributed by atoms with Gasteiger partial charge in [0.05, 0.1) is 16.7 Å². The largest absolute Gasteiger partial charge is 0.454 e. The fourth-order valence-corrected chi connectivity index (χ4v) is 9.06. The van der Waals surface area contributed by atoms with E-state index >= 15 is 0 Å². The van der Waals surface area contributed by atoms with Crippen LogP contribution < -0.4 is 10.9 Å². The lowest BCUT2D eigenvalue weighted by atomic mass is 9.45. The van der Waals surface area contributed by atoms with Crippen molar-refractivity contribution < 1.29 is 4.42 Å². The Morgan fingerprint density at radius 1 is 0.542 bits per heavy atom. The van der Waals surface area contributed by atoms with Crippen molar-refractivity contribution >= 4 is 83.3 Å². The maximum Gasteiger partial charge on any atom is 0.333 e. The molecule has 0 saturated heterocycles. The quantitative estimate of drug-likeness (QED) is 0.155. The van der Waals surface area contributed by atoms with Gasteiger partial charge in [-0.3, -0.25) is 0 Å². The zero-order valence-electron chi connectivity index (χ0n) is 28.2. The van der Waals surface area contributed by atoms with Gasteiger partial charge >= 0.3 is 6.85 Å². The number of rotatable bonds is 0. The molecule has 0 saturated carbocycles. The highest BCUT2D eigenvalue weighted by molar-refractivity contribution is 6.90. The van der Waals surface area contributed by atoms with Crippen LogP contribution in [0.5, 0.6) is 0 Å². The molecule has 6 aromatic carbocycles. The Hall–Kier alpha value is -5.22. The Labute approximate surface area is 279 Å². The molecule has 2 aliphatic heterocycles. The number of aromatic nitrogens is 2. The van der Waals surface area contributed by atoms with Crippen LogP contribution >= 0.6 is 0 Å². The van der Waals surface area contributed by atoms with Crippen LogP contribution in [-0.2, 0) is 10.8 Å². The van der Waals surface area contributed by atoms with Crippen molar-refractivity contribution in [3.05, 3.63) is 114 Å². The molecule has 0 radical (unpaired) electrons. The standard InChI is InChI=1S/C44H35BN2O/c1-43(2,3)24-18-19-35-30(20-24)32-21-25(44(4,5)6)22-34-40(32)46(35)41-38-31(23-33-27-13-8-10-17-37(27)48-42(33)41)29-15-11-14-28-26-12-7-9-16-36(26)47(39(28)29)45(34)38/h7-23H,1-6H3. The third-order valence-electron chi connectivity index (χ3n) is 11.4. The van der Waals surface area contributed by atoms with Gasteiger partial charge in [0.25, 0.3) is 0 Å². The van der Waals surface area contributed by atoms with Crippen molar-refractivity contribution in [3.63, 3.8) is 0 Å². The molecule has 9 aromatic rings. The highest BCUT2D eigenvalue weighted by Crippen LogP contribution is 2.47. The first-order valence-corrected chi connectivity index (χ1v) is 17.2. The van der Waals surface area contributed by atoms with Gasteiger partial charge in [0, 0.05) is 48.9 Å². The molecular formula is C44H35BN2O. The maximum absolute atomic E-state index is 6.94. The van der Waals surface area contributed by atoms with Gasteiger partial charge < -0.3 is 13.5 Å². The van der Waals surface area contributed by atoms with E-state index in [-0.39, 0.29) is 17.7 Å². The van der Waals surface area contributed by atoms with E-state index in [0.717, 1.165) is 16.6 Å². The first-order chi connectivity index (χ1) is 23.1. The van der Waals surface area contributed by atoms with E-state index in [9.17, 15) is 0 Å². The lowest BCUT2D eigenvalue weighted by Gasteiger charge is -2.35. The van der Waals surface area contributed by atoms with Crippen molar-refractivity contribution in [2.45, 2.75) is 52.4 Å². The number of para-hydroxylation sites is 3. The summed E-state index contributed by atoms with van der Waals surface area (Å²) in [4.78, 5) is 0. The molecule has 0 N–H and O–H groups in total. The maximum atomic E-state index is 6.94. The van der Waals surface area contributed by atoms with Gasteiger partial charge in [-0.25, -0.2) is 0 Å². The van der Waals surface area contributed by atoms with Crippen molar-refractivity contribution in [2.24, 2.45) is 0 Å². The van der Waals surface area contributed by atoms with Gasteiger partial charge in [-0.15, -0.1) is 0 Å². The molecule has 5 heterocycles. The summed E-state index contributed by atoms with van der Waals surface area (Å²) < 4.78 is 12.2. The van der Waals surface area contributed by atoms with Crippen LogP contribution in [0, 0.1) is 0 Å². The third-order valence-corrected chi connectivity index (χ3v) is 11.4. The van der Waals surface area contributed by atoms with Crippen LogP contribution in [0.1, 0.15) is 52.7 Å². The fourth-order valence-electron chi connectivity index (χ4n) is 9.06. The predicted octanol–water partition coefficient (Wildman–Crippen LogP) is 10.3. The minimum atomic E-state index is -0.0206. The molecule has 3 aromatic heterocycles. The first-order valence-electron chi connectivity index (χ1n) is 17.2. The molecule has 0 bridgehead atoms. The van der Waals surface area contributed by atoms with Gasteiger partial charge in [-0.05, 0) is 74.8 Å². The van der Waals surface area contributed by atoms with E-state index in [4.69, 9.17) is 4.42 Å². The molecule has 11 rings (SSSR count). The predicted molar refractivity (Wildman–Crippen MR) is 204 cm³/mol. The van der Waals surface area contributed by atoms with Crippen molar-refractivity contribution in [1.82, 2.24) is 9.05 Å². The van der Waals surface area contributed by atoms with Gasteiger partial charge in [0.2, 0.25) is 0 Å². The number of fused-ring (bicyclic) bond motifs is 14. The average molecular weight is 619 g/mol. The average Bonchev–Trinajstić information content (AvgIpc) is 3.72. The Morgan fingerprint density at radius 3 is 2.08 bits per heavy atom. The second kappa shape index (κ2) is 8.43. The summed E-state index contributed by atoms with van der Waals surface area (Å²) >= 11 is 0. The molecule has 3 nitrogen and oxygen atoms in total.